The molecule has 0 radical (unpaired) electrons. The van der Waals surface area contributed by atoms with Gasteiger partial charge in [-0.15, -0.1) is 6.58 Å². The Balaban J connectivity index is 2.34. The molecule has 0 aromatic heterocycles. The van der Waals surface area contributed by atoms with Crippen LogP contribution < -0.4 is 5.32 Å². The van der Waals surface area contributed by atoms with Crippen LogP contribution >= 0.6 is 0 Å². The van der Waals surface area contributed by atoms with Gasteiger partial charge < -0.3 is 0 Å². The number of rotatable bonds is 2. The third kappa shape index (κ3) is 1.11. The molecule has 1 aliphatic heterocycles. The van der Waals surface area contributed by atoms with Crippen LogP contribution in [0.2, 0.25) is 0 Å². The lowest BCUT2D eigenvalue weighted by Crippen LogP contribution is -2.37. The molecule has 14 heavy (non-hydrogen) atoms. The zero-order valence-electron chi connectivity index (χ0n) is 8.21. The third-order valence-corrected chi connectivity index (χ3v) is 3.55. The van der Waals surface area contributed by atoms with E-state index in [-0.39, 0.29) is 17.7 Å². The first-order valence-corrected chi connectivity index (χ1v) is 5.17. The summed E-state index contributed by atoms with van der Waals surface area (Å²) >= 11 is 0. The predicted molar refractivity (Wildman–Crippen MR) is 52.4 cm³/mol. The molecule has 2 aliphatic rings. The van der Waals surface area contributed by atoms with Crippen LogP contribution in [0.5, 0.6) is 0 Å². The van der Waals surface area contributed by atoms with Crippen LogP contribution in [0, 0.1) is 11.3 Å². The molecule has 0 spiro atoms. The molecule has 1 heterocycles. The summed E-state index contributed by atoms with van der Waals surface area (Å²) in [6.45, 7) is 3.68. The fourth-order valence-electron chi connectivity index (χ4n) is 2.81. The van der Waals surface area contributed by atoms with E-state index in [9.17, 15) is 9.59 Å². The maximum Gasteiger partial charge on any atom is 0.233 e. The van der Waals surface area contributed by atoms with E-state index in [1.165, 1.54) is 0 Å². The van der Waals surface area contributed by atoms with Crippen molar-refractivity contribution in [2.24, 2.45) is 11.3 Å². The molecule has 1 saturated carbocycles. The number of allylic oxidation sites excluding steroid dienone is 1. The number of amides is 2. The van der Waals surface area contributed by atoms with Crippen LogP contribution in [-0.4, -0.2) is 11.8 Å². The average molecular weight is 193 g/mol. The number of hydrogen-bond donors (Lipinski definition) is 1. The van der Waals surface area contributed by atoms with Crippen LogP contribution in [0.25, 0.3) is 0 Å². The summed E-state index contributed by atoms with van der Waals surface area (Å²) in [5.41, 5.74) is -0.447. The minimum atomic E-state index is -0.447. The molecule has 2 atom stereocenters. The van der Waals surface area contributed by atoms with Crippen LogP contribution in [0.3, 0.4) is 0 Å². The van der Waals surface area contributed by atoms with Crippen molar-refractivity contribution in [1.29, 1.82) is 0 Å². The molecule has 0 bridgehead atoms. The Morgan fingerprint density at radius 3 is 3.00 bits per heavy atom. The molecule has 1 N–H and O–H groups in total. The number of fused-ring (bicyclic) bond motifs is 1. The van der Waals surface area contributed by atoms with Gasteiger partial charge >= 0.3 is 0 Å². The second-order valence-electron chi connectivity index (χ2n) is 4.27. The Morgan fingerprint density at radius 2 is 2.29 bits per heavy atom. The molecule has 76 valence electrons. The lowest BCUT2D eigenvalue weighted by molar-refractivity contribution is -0.130. The second kappa shape index (κ2) is 3.23. The van der Waals surface area contributed by atoms with Gasteiger partial charge in [0.05, 0.1) is 11.3 Å². The van der Waals surface area contributed by atoms with E-state index in [1.54, 1.807) is 6.08 Å². The highest BCUT2D eigenvalue weighted by molar-refractivity contribution is 6.07. The van der Waals surface area contributed by atoms with E-state index in [4.69, 9.17) is 0 Å². The second-order valence-corrected chi connectivity index (χ2v) is 4.27. The molecule has 2 amide bonds. The van der Waals surface area contributed by atoms with E-state index < -0.39 is 5.41 Å². The highest BCUT2D eigenvalue weighted by Gasteiger charge is 2.54. The monoisotopic (exact) mass is 193 g/mol. The molecular formula is C11H15NO2. The summed E-state index contributed by atoms with van der Waals surface area (Å²) in [4.78, 5) is 23.3. The molecule has 2 fully saturated rings. The average Bonchev–Trinajstić information content (AvgIpc) is 2.41. The fourth-order valence-corrected chi connectivity index (χ4v) is 2.81. The fraction of sp³-hybridized carbons (Fsp3) is 0.636. The normalized spacial score (nSPS) is 36.4. The largest absolute Gasteiger partial charge is 0.296 e. The first-order valence-electron chi connectivity index (χ1n) is 5.17. The maximum absolute atomic E-state index is 11.8. The Labute approximate surface area is 83.6 Å². The molecule has 1 saturated heterocycles. The number of carbonyl (C=O) groups excluding carboxylic acids is 2. The number of imide groups is 1. The topological polar surface area (TPSA) is 46.2 Å². The number of carbonyl (C=O) groups is 2. The molecule has 2 rings (SSSR count). The summed E-state index contributed by atoms with van der Waals surface area (Å²) in [7, 11) is 0. The van der Waals surface area contributed by atoms with Gasteiger partial charge in [0.15, 0.2) is 0 Å². The Bertz CT molecular complexity index is 298. The van der Waals surface area contributed by atoms with Gasteiger partial charge in [-0.25, -0.2) is 0 Å². The lowest BCUT2D eigenvalue weighted by Gasteiger charge is -2.34. The van der Waals surface area contributed by atoms with Crippen molar-refractivity contribution in [3.8, 4) is 0 Å². The van der Waals surface area contributed by atoms with Crippen molar-refractivity contribution in [3.05, 3.63) is 12.7 Å². The first kappa shape index (κ1) is 9.44. The van der Waals surface area contributed by atoms with Gasteiger partial charge in [0.2, 0.25) is 11.8 Å². The standard InChI is InChI=1S/C11H15NO2/c1-2-6-11-7-4-3-5-8(11)9(13)12-10(11)14/h2,8H,1,3-7H2,(H,12,13,14). The van der Waals surface area contributed by atoms with Crippen LogP contribution in [-0.2, 0) is 9.59 Å². The van der Waals surface area contributed by atoms with Gasteiger partial charge in [0, 0.05) is 0 Å². The van der Waals surface area contributed by atoms with Crippen molar-refractivity contribution in [3.63, 3.8) is 0 Å². The zero-order chi connectivity index (χ0) is 10.2. The molecule has 3 nitrogen and oxygen atoms in total. The smallest absolute Gasteiger partial charge is 0.233 e. The van der Waals surface area contributed by atoms with E-state index in [1.807, 2.05) is 0 Å². The van der Waals surface area contributed by atoms with Gasteiger partial charge in [-0.2, -0.15) is 0 Å². The van der Waals surface area contributed by atoms with Crippen molar-refractivity contribution in [2.75, 3.05) is 0 Å². The Hall–Kier alpha value is -1.12. The number of hydrogen-bond acceptors (Lipinski definition) is 2. The molecule has 2 unspecified atom stereocenters. The van der Waals surface area contributed by atoms with Crippen molar-refractivity contribution < 1.29 is 9.59 Å². The minimum absolute atomic E-state index is 0.0726. The van der Waals surface area contributed by atoms with E-state index in [0.717, 1.165) is 25.7 Å². The molecular weight excluding hydrogens is 178 g/mol. The van der Waals surface area contributed by atoms with Gasteiger partial charge in [-0.1, -0.05) is 18.9 Å². The molecule has 1 aliphatic carbocycles. The lowest BCUT2D eigenvalue weighted by atomic mass is 9.66. The van der Waals surface area contributed by atoms with Crippen molar-refractivity contribution >= 4 is 11.8 Å². The van der Waals surface area contributed by atoms with E-state index in [0.29, 0.717) is 6.42 Å². The summed E-state index contributed by atoms with van der Waals surface area (Å²) in [6, 6.07) is 0. The van der Waals surface area contributed by atoms with Crippen molar-refractivity contribution in [2.45, 2.75) is 32.1 Å². The van der Waals surface area contributed by atoms with Crippen LogP contribution in [0.1, 0.15) is 32.1 Å². The molecule has 0 aromatic carbocycles. The Kier molecular flexibility index (Phi) is 2.17. The van der Waals surface area contributed by atoms with Gasteiger partial charge in [0.25, 0.3) is 0 Å². The molecule has 0 aromatic rings. The van der Waals surface area contributed by atoms with Crippen LogP contribution in [0.15, 0.2) is 12.7 Å². The predicted octanol–water partition coefficient (Wildman–Crippen LogP) is 1.40. The third-order valence-electron chi connectivity index (χ3n) is 3.55. The first-order chi connectivity index (χ1) is 6.70. The quantitative estimate of drug-likeness (QED) is 0.532. The Morgan fingerprint density at radius 1 is 1.50 bits per heavy atom. The van der Waals surface area contributed by atoms with E-state index >= 15 is 0 Å². The highest BCUT2D eigenvalue weighted by Crippen LogP contribution is 2.47. The van der Waals surface area contributed by atoms with Gasteiger partial charge in [0.1, 0.15) is 0 Å². The minimum Gasteiger partial charge on any atom is -0.296 e. The van der Waals surface area contributed by atoms with Crippen molar-refractivity contribution in [1.82, 2.24) is 5.32 Å². The van der Waals surface area contributed by atoms with E-state index in [2.05, 4.69) is 11.9 Å². The molecule has 3 heteroatoms. The van der Waals surface area contributed by atoms with Gasteiger partial charge in [-0.05, 0) is 19.3 Å². The summed E-state index contributed by atoms with van der Waals surface area (Å²) in [5.74, 6) is -0.245. The SMILES string of the molecule is C=CCC12CCCCC1C(=O)NC2=O. The summed E-state index contributed by atoms with van der Waals surface area (Å²) in [5, 5.41) is 2.46. The highest BCUT2D eigenvalue weighted by atomic mass is 16.2. The van der Waals surface area contributed by atoms with Gasteiger partial charge in [-0.3, -0.25) is 14.9 Å². The van der Waals surface area contributed by atoms with Crippen LogP contribution in [0.4, 0.5) is 0 Å². The number of nitrogens with one attached hydrogen (secondary N) is 1. The summed E-state index contributed by atoms with van der Waals surface area (Å²) < 4.78 is 0. The zero-order valence-corrected chi connectivity index (χ0v) is 8.21. The summed E-state index contributed by atoms with van der Waals surface area (Å²) in [6.07, 6.45) is 6.19. The maximum atomic E-state index is 11.8.